The maximum atomic E-state index is 13.0. The van der Waals surface area contributed by atoms with E-state index < -0.39 is 27.4 Å². The number of hydrogen-bond acceptors (Lipinski definition) is 6. The molecule has 0 atom stereocenters. The molecule has 1 aromatic carbocycles. The molecule has 0 bridgehead atoms. The molecular weight excluding hydrogens is 506 g/mol. The Labute approximate surface area is 194 Å². The second kappa shape index (κ2) is 8.12. The van der Waals surface area contributed by atoms with Crippen molar-refractivity contribution in [1.82, 2.24) is 24.4 Å². The van der Waals surface area contributed by atoms with Crippen molar-refractivity contribution >= 4 is 38.7 Å². The SMILES string of the molecule is CCS(=O)(=O)c1cc(-c2ccc(Cl)c(Cl)c2)cnc1-n1nc2ccc(C(F)(F)F)nn2c1=O. The van der Waals surface area contributed by atoms with Gasteiger partial charge in [0, 0.05) is 11.8 Å². The van der Waals surface area contributed by atoms with Crippen LogP contribution >= 0.6 is 23.2 Å². The van der Waals surface area contributed by atoms with E-state index in [1.807, 2.05) is 0 Å². The minimum Gasteiger partial charge on any atom is -0.243 e. The van der Waals surface area contributed by atoms with Gasteiger partial charge in [-0.25, -0.2) is 18.2 Å². The van der Waals surface area contributed by atoms with E-state index in [1.165, 1.54) is 31.3 Å². The molecule has 0 saturated carbocycles. The van der Waals surface area contributed by atoms with Crippen LogP contribution < -0.4 is 5.69 Å². The Morgan fingerprint density at radius 2 is 1.73 bits per heavy atom. The van der Waals surface area contributed by atoms with E-state index in [2.05, 4.69) is 15.2 Å². The van der Waals surface area contributed by atoms with E-state index in [4.69, 9.17) is 23.2 Å². The van der Waals surface area contributed by atoms with Gasteiger partial charge in [0.25, 0.3) is 0 Å². The van der Waals surface area contributed by atoms with Crippen LogP contribution in [0.2, 0.25) is 10.0 Å². The van der Waals surface area contributed by atoms with Gasteiger partial charge in [0.1, 0.15) is 4.90 Å². The largest absolute Gasteiger partial charge is 0.435 e. The van der Waals surface area contributed by atoms with Gasteiger partial charge in [-0.3, -0.25) is 0 Å². The molecule has 3 aromatic heterocycles. The molecule has 0 aliphatic carbocycles. The summed E-state index contributed by atoms with van der Waals surface area (Å²) in [6.45, 7) is 1.40. The Morgan fingerprint density at radius 1 is 1.00 bits per heavy atom. The zero-order valence-corrected chi connectivity index (χ0v) is 18.8. The van der Waals surface area contributed by atoms with Crippen LogP contribution in [-0.4, -0.2) is 38.5 Å². The second-order valence-corrected chi connectivity index (χ2v) is 9.82. The lowest BCUT2D eigenvalue weighted by atomic mass is 10.1. The molecule has 4 aromatic rings. The third-order valence-corrected chi connectivity index (χ3v) is 7.14. The summed E-state index contributed by atoms with van der Waals surface area (Å²) in [6.07, 6.45) is -3.50. The molecule has 0 radical (unpaired) electrons. The van der Waals surface area contributed by atoms with E-state index >= 15 is 0 Å². The van der Waals surface area contributed by atoms with E-state index in [0.29, 0.717) is 31.4 Å². The average molecular weight is 518 g/mol. The third kappa shape index (κ3) is 4.21. The van der Waals surface area contributed by atoms with Crippen molar-refractivity contribution < 1.29 is 21.6 Å². The number of alkyl halides is 3. The molecular formula is C19H12Cl2F3N5O3S. The highest BCUT2D eigenvalue weighted by atomic mass is 35.5. The summed E-state index contributed by atoms with van der Waals surface area (Å²) in [5.41, 5.74) is -1.77. The van der Waals surface area contributed by atoms with Crippen molar-refractivity contribution in [3.63, 3.8) is 0 Å². The molecule has 8 nitrogen and oxygen atoms in total. The predicted octanol–water partition coefficient (Wildman–Crippen LogP) is 4.06. The smallest absolute Gasteiger partial charge is 0.243 e. The number of rotatable bonds is 4. The lowest BCUT2D eigenvalue weighted by Crippen LogP contribution is -2.25. The molecule has 0 aliphatic heterocycles. The first-order valence-corrected chi connectivity index (χ1v) is 11.6. The van der Waals surface area contributed by atoms with Gasteiger partial charge >= 0.3 is 11.9 Å². The first kappa shape index (κ1) is 23.2. The van der Waals surface area contributed by atoms with Crippen molar-refractivity contribution in [2.45, 2.75) is 18.0 Å². The summed E-state index contributed by atoms with van der Waals surface area (Å²) < 4.78 is 65.6. The summed E-state index contributed by atoms with van der Waals surface area (Å²) in [5, 5.41) is 7.73. The number of nitrogens with zero attached hydrogens (tertiary/aromatic N) is 5. The fourth-order valence-corrected chi connectivity index (χ4v) is 4.30. The highest BCUT2D eigenvalue weighted by Crippen LogP contribution is 2.31. The van der Waals surface area contributed by atoms with Crippen LogP contribution in [0.5, 0.6) is 0 Å². The minimum atomic E-state index is -4.79. The highest BCUT2D eigenvalue weighted by molar-refractivity contribution is 7.91. The maximum absolute atomic E-state index is 13.0. The minimum absolute atomic E-state index is 0.219. The normalized spacial score (nSPS) is 12.4. The van der Waals surface area contributed by atoms with Gasteiger partial charge in [0.05, 0.1) is 15.8 Å². The van der Waals surface area contributed by atoms with Gasteiger partial charge in [-0.2, -0.15) is 27.5 Å². The van der Waals surface area contributed by atoms with Crippen molar-refractivity contribution in [3.05, 3.63) is 68.8 Å². The third-order valence-electron chi connectivity index (χ3n) is 4.67. The van der Waals surface area contributed by atoms with Crippen molar-refractivity contribution in [3.8, 4) is 16.9 Å². The fourth-order valence-electron chi connectivity index (χ4n) is 2.97. The summed E-state index contributed by atoms with van der Waals surface area (Å²) in [6, 6.07) is 7.54. The maximum Gasteiger partial charge on any atom is 0.435 e. The number of fused-ring (bicyclic) bond motifs is 1. The predicted molar refractivity (Wildman–Crippen MR) is 115 cm³/mol. The van der Waals surface area contributed by atoms with Gasteiger partial charge in [0.15, 0.2) is 27.0 Å². The summed E-state index contributed by atoms with van der Waals surface area (Å²) in [5.74, 6) is -0.699. The fraction of sp³-hybridized carbons (Fsp3) is 0.158. The number of pyridine rings is 1. The standard InChI is InChI=1S/C19H12Cl2F3N5O3S/c1-2-33(31,32)14-8-11(10-3-4-12(20)13(21)7-10)9-25-17(14)29-18(30)28-16(27-29)6-5-15(26-28)19(22,23)24/h3-9H,2H2,1H3. The molecule has 0 saturated heterocycles. The number of sulfone groups is 1. The van der Waals surface area contributed by atoms with E-state index in [0.717, 1.165) is 6.07 Å². The average Bonchev–Trinajstić information content (AvgIpc) is 3.10. The van der Waals surface area contributed by atoms with Crippen molar-refractivity contribution in [2.24, 2.45) is 0 Å². The molecule has 0 unspecified atom stereocenters. The summed E-state index contributed by atoms with van der Waals surface area (Å²) >= 11 is 12.0. The van der Waals surface area contributed by atoms with Gasteiger partial charge in [-0.15, -0.1) is 5.10 Å². The van der Waals surface area contributed by atoms with E-state index in [-0.39, 0.29) is 27.1 Å². The Kier molecular flexibility index (Phi) is 5.71. The molecule has 3 heterocycles. The molecule has 4 rings (SSSR count). The zero-order valence-electron chi connectivity index (χ0n) is 16.5. The number of halogens is 5. The lowest BCUT2D eigenvalue weighted by molar-refractivity contribution is -0.141. The highest BCUT2D eigenvalue weighted by Gasteiger charge is 2.33. The van der Waals surface area contributed by atoms with Crippen LogP contribution in [-0.2, 0) is 16.0 Å². The van der Waals surface area contributed by atoms with Crippen LogP contribution in [0.15, 0.2) is 52.3 Å². The molecule has 0 N–H and O–H groups in total. The van der Waals surface area contributed by atoms with Gasteiger partial charge < -0.3 is 0 Å². The molecule has 0 aliphatic rings. The first-order valence-electron chi connectivity index (χ1n) is 9.17. The molecule has 0 amide bonds. The Bertz CT molecular complexity index is 1570. The Balaban J connectivity index is 1.95. The molecule has 33 heavy (non-hydrogen) atoms. The van der Waals surface area contributed by atoms with E-state index in [1.54, 1.807) is 6.07 Å². The van der Waals surface area contributed by atoms with Crippen LogP contribution in [0.1, 0.15) is 12.6 Å². The Hall–Kier alpha value is -2.96. The van der Waals surface area contributed by atoms with Gasteiger partial charge in [-0.05, 0) is 35.9 Å². The topological polar surface area (TPSA) is 99.2 Å². The van der Waals surface area contributed by atoms with Crippen LogP contribution in [0.3, 0.4) is 0 Å². The van der Waals surface area contributed by atoms with Crippen LogP contribution in [0, 0.1) is 0 Å². The molecule has 172 valence electrons. The summed E-state index contributed by atoms with van der Waals surface area (Å²) in [4.78, 5) is 16.5. The number of hydrogen-bond donors (Lipinski definition) is 0. The molecule has 14 heteroatoms. The monoisotopic (exact) mass is 517 g/mol. The Morgan fingerprint density at radius 3 is 2.36 bits per heavy atom. The summed E-state index contributed by atoms with van der Waals surface area (Å²) in [7, 11) is -3.94. The van der Waals surface area contributed by atoms with Gasteiger partial charge in [0.2, 0.25) is 0 Å². The first-order chi connectivity index (χ1) is 15.4. The second-order valence-electron chi connectivity index (χ2n) is 6.76. The quantitative estimate of drug-likeness (QED) is 0.404. The molecule has 0 spiro atoms. The zero-order chi connectivity index (χ0) is 24.1. The van der Waals surface area contributed by atoms with Crippen molar-refractivity contribution in [1.29, 1.82) is 0 Å². The van der Waals surface area contributed by atoms with Crippen LogP contribution in [0.25, 0.3) is 22.6 Å². The molecule has 0 fully saturated rings. The van der Waals surface area contributed by atoms with E-state index in [9.17, 15) is 26.4 Å². The lowest BCUT2D eigenvalue weighted by Gasteiger charge is -2.10. The number of benzene rings is 1. The van der Waals surface area contributed by atoms with Gasteiger partial charge in [-0.1, -0.05) is 36.2 Å². The van der Waals surface area contributed by atoms with Crippen molar-refractivity contribution in [2.75, 3.05) is 5.75 Å². The van der Waals surface area contributed by atoms with Crippen LogP contribution in [0.4, 0.5) is 13.2 Å². The number of aromatic nitrogens is 5.